The van der Waals surface area contributed by atoms with Gasteiger partial charge >= 0.3 is 0 Å². The lowest BCUT2D eigenvalue weighted by atomic mass is 9.57. The highest BCUT2D eigenvalue weighted by atomic mass is 16.6. The molecular formula is C35H46N4O5. The molecule has 14 atom stereocenters. The summed E-state index contributed by atoms with van der Waals surface area (Å²) in [5.41, 5.74) is -0.101. The first-order valence-corrected chi connectivity index (χ1v) is 17.3. The molecule has 1 aromatic rings. The largest absolute Gasteiger partial charge is 0.375 e. The molecule has 10 unspecified atom stereocenters. The highest BCUT2D eigenvalue weighted by Crippen LogP contribution is 2.66. The molecule has 5 saturated heterocycles. The van der Waals surface area contributed by atoms with Gasteiger partial charge in [0.15, 0.2) is 0 Å². The smallest absolute Gasteiger partial charge is 0.253 e. The number of nitrogens with zero attached hydrogens (tertiary/aromatic N) is 3. The van der Waals surface area contributed by atoms with Crippen LogP contribution in [0.25, 0.3) is 0 Å². The van der Waals surface area contributed by atoms with Crippen LogP contribution in [0.4, 0.5) is 0 Å². The number of benzene rings is 1. The summed E-state index contributed by atoms with van der Waals surface area (Å²) in [6.45, 7) is 2.22. The number of amides is 3. The minimum atomic E-state index is -0.780. The van der Waals surface area contributed by atoms with Gasteiger partial charge in [-0.05, 0) is 68.4 Å². The molecule has 0 aromatic heterocycles. The van der Waals surface area contributed by atoms with Crippen molar-refractivity contribution in [1.82, 2.24) is 20.0 Å². The molecule has 0 spiro atoms. The minimum Gasteiger partial charge on any atom is -0.375 e. The number of nitrogens with one attached hydrogen (secondary N) is 1. The van der Waals surface area contributed by atoms with Crippen molar-refractivity contribution in [2.75, 3.05) is 14.2 Å². The topological polar surface area (TPSA) is 91.4 Å². The van der Waals surface area contributed by atoms with E-state index >= 15 is 0 Å². The Hall–Kier alpha value is -2.33. The summed E-state index contributed by atoms with van der Waals surface area (Å²) in [6, 6.07) is 10.2. The maximum Gasteiger partial charge on any atom is 0.253 e. The van der Waals surface area contributed by atoms with Gasteiger partial charge in [0.2, 0.25) is 11.8 Å². The summed E-state index contributed by atoms with van der Waals surface area (Å²) >= 11 is 0. The molecule has 236 valence electrons. The van der Waals surface area contributed by atoms with Crippen molar-refractivity contribution >= 4 is 17.7 Å². The third-order valence-electron chi connectivity index (χ3n) is 13.8. The van der Waals surface area contributed by atoms with E-state index < -0.39 is 5.72 Å². The zero-order valence-corrected chi connectivity index (χ0v) is 26.1. The zero-order valence-electron chi connectivity index (χ0n) is 26.1. The highest BCUT2D eigenvalue weighted by Gasteiger charge is 2.76. The number of rotatable bonds is 3. The van der Waals surface area contributed by atoms with Gasteiger partial charge in [-0.3, -0.25) is 29.5 Å². The van der Waals surface area contributed by atoms with E-state index in [0.29, 0.717) is 29.9 Å². The first-order valence-electron chi connectivity index (χ1n) is 17.3. The molecule has 2 bridgehead atoms. The lowest BCUT2D eigenvalue weighted by Gasteiger charge is -2.56. The Morgan fingerprint density at radius 2 is 1.55 bits per heavy atom. The molecule has 44 heavy (non-hydrogen) atoms. The van der Waals surface area contributed by atoms with Crippen LogP contribution in [0.2, 0.25) is 0 Å². The number of hydrogen-bond acceptors (Lipinski definition) is 7. The molecule has 8 aliphatic rings. The molecular weight excluding hydrogens is 556 g/mol. The maximum absolute atomic E-state index is 14.0. The number of ether oxygens (including phenoxy) is 2. The maximum atomic E-state index is 14.0. The van der Waals surface area contributed by atoms with Crippen LogP contribution in [0.15, 0.2) is 30.3 Å². The van der Waals surface area contributed by atoms with Gasteiger partial charge in [0.05, 0.1) is 17.9 Å². The molecule has 0 radical (unpaired) electrons. The summed E-state index contributed by atoms with van der Waals surface area (Å²) in [5, 5.41) is 2.86. The molecule has 5 heterocycles. The quantitative estimate of drug-likeness (QED) is 0.532. The predicted molar refractivity (Wildman–Crippen MR) is 161 cm³/mol. The average molecular weight is 603 g/mol. The number of methoxy groups -OCH3 is 1. The van der Waals surface area contributed by atoms with Gasteiger partial charge < -0.3 is 14.4 Å². The van der Waals surface area contributed by atoms with Gasteiger partial charge in [0.25, 0.3) is 5.91 Å². The van der Waals surface area contributed by atoms with Crippen molar-refractivity contribution in [2.45, 2.75) is 113 Å². The van der Waals surface area contributed by atoms with Crippen LogP contribution in [-0.2, 0) is 19.1 Å². The zero-order chi connectivity index (χ0) is 30.1. The fraction of sp³-hybridized carbons (Fsp3) is 0.743. The summed E-state index contributed by atoms with van der Waals surface area (Å²) in [6.07, 6.45) is 9.16. The number of imide groups is 1. The highest BCUT2D eigenvalue weighted by molar-refractivity contribution is 6.05. The van der Waals surface area contributed by atoms with E-state index in [9.17, 15) is 14.4 Å². The second-order valence-corrected chi connectivity index (χ2v) is 15.3. The summed E-state index contributed by atoms with van der Waals surface area (Å²) in [4.78, 5) is 48.8. The monoisotopic (exact) mass is 602 g/mol. The molecule has 3 saturated carbocycles. The third-order valence-corrected chi connectivity index (χ3v) is 13.8. The van der Waals surface area contributed by atoms with Crippen LogP contribution in [0.3, 0.4) is 0 Å². The van der Waals surface area contributed by atoms with Gasteiger partial charge in [-0.2, -0.15) is 0 Å². The van der Waals surface area contributed by atoms with Crippen molar-refractivity contribution in [1.29, 1.82) is 0 Å². The number of carbonyl (C=O) groups excluding carboxylic acids is 3. The van der Waals surface area contributed by atoms with E-state index in [1.54, 1.807) is 7.11 Å². The third kappa shape index (κ3) is 3.47. The minimum absolute atomic E-state index is 0.00111. The van der Waals surface area contributed by atoms with Crippen molar-refractivity contribution in [3.63, 3.8) is 0 Å². The molecule has 9 rings (SSSR count). The Balaban J connectivity index is 1.22. The number of carbonyl (C=O) groups is 3. The number of hydrogen-bond donors (Lipinski definition) is 1. The van der Waals surface area contributed by atoms with Gasteiger partial charge in [-0.15, -0.1) is 0 Å². The van der Waals surface area contributed by atoms with Crippen molar-refractivity contribution in [2.24, 2.45) is 35.5 Å². The number of likely N-dealkylation sites (N-methyl/N-ethyl adjacent to an activating group) is 1. The standard InChI is InChI=1S/C35H46N4O5/c1-35-31(43-3)23(37(2)34(42)18-11-5-4-6-12-18)17-24(44-35)38-21-15-9-7-13-19(21)25-27-28(33(41)36-32(27)40)26-20-14-8-10-16-22(20)39(35)30(26)29(25)38/h4-6,11-12,19-31H,7-10,13-17H2,1-3H3,(H,36,40,41)/t19?,20?,21?,22?,23-,24-,25?,26?,27?,28?,29?,30?,31-,35+/m1/s1. The Morgan fingerprint density at radius 1 is 0.932 bits per heavy atom. The Labute approximate surface area is 260 Å². The Kier molecular flexibility index (Phi) is 6.24. The van der Waals surface area contributed by atoms with E-state index in [4.69, 9.17) is 9.47 Å². The number of fused-ring (bicyclic) bond motifs is 13. The van der Waals surface area contributed by atoms with Crippen molar-refractivity contribution in [3.8, 4) is 0 Å². The molecule has 1 aromatic carbocycles. The first kappa shape index (κ1) is 27.9. The lowest BCUT2D eigenvalue weighted by molar-refractivity contribution is -0.295. The van der Waals surface area contributed by atoms with E-state index in [0.717, 1.165) is 32.1 Å². The molecule has 1 N–H and O–H groups in total. The summed E-state index contributed by atoms with van der Waals surface area (Å²) < 4.78 is 13.9. The average Bonchev–Trinajstić information content (AvgIpc) is 3.65. The normalized spacial score (nSPS) is 48.9. The first-order chi connectivity index (χ1) is 21.3. The van der Waals surface area contributed by atoms with Crippen LogP contribution in [0.5, 0.6) is 0 Å². The van der Waals surface area contributed by atoms with Crippen molar-refractivity contribution in [3.05, 3.63) is 35.9 Å². The van der Waals surface area contributed by atoms with Gasteiger partial charge in [-0.1, -0.05) is 43.9 Å². The van der Waals surface area contributed by atoms with E-state index in [-0.39, 0.29) is 77.9 Å². The van der Waals surface area contributed by atoms with Gasteiger partial charge in [0, 0.05) is 50.3 Å². The summed E-state index contributed by atoms with van der Waals surface area (Å²) in [7, 11) is 3.70. The molecule has 9 nitrogen and oxygen atoms in total. The molecule has 9 heteroatoms. The van der Waals surface area contributed by atoms with Crippen LogP contribution >= 0.6 is 0 Å². The van der Waals surface area contributed by atoms with Crippen LogP contribution < -0.4 is 5.32 Å². The van der Waals surface area contributed by atoms with E-state index in [1.165, 1.54) is 19.3 Å². The van der Waals surface area contributed by atoms with Crippen LogP contribution in [0.1, 0.15) is 75.1 Å². The lowest BCUT2D eigenvalue weighted by Crippen LogP contribution is -2.71. The van der Waals surface area contributed by atoms with Gasteiger partial charge in [-0.25, -0.2) is 0 Å². The van der Waals surface area contributed by atoms with Crippen molar-refractivity contribution < 1.29 is 23.9 Å². The van der Waals surface area contributed by atoms with Gasteiger partial charge in [0.1, 0.15) is 18.1 Å². The molecule has 8 fully saturated rings. The second kappa shape index (κ2) is 9.84. The molecule has 3 amide bonds. The predicted octanol–water partition coefficient (Wildman–Crippen LogP) is 3.24. The van der Waals surface area contributed by atoms with Crippen LogP contribution in [-0.4, -0.2) is 94.8 Å². The molecule has 5 aliphatic heterocycles. The molecule has 3 aliphatic carbocycles. The SMILES string of the molecule is CO[C@@H]1[C@H](N(C)C(=O)c2ccccc2)C[C@H]2O[C@]1(C)N1C3CCCCC3C3C4C(=O)NC(=O)C4C4C5CCCCC5N2C4C31. The Morgan fingerprint density at radius 3 is 2.23 bits per heavy atom. The Bertz CT molecular complexity index is 1370. The fourth-order valence-electron chi connectivity index (χ4n) is 12.6. The fourth-order valence-corrected chi connectivity index (χ4v) is 12.6. The van der Waals surface area contributed by atoms with E-state index in [2.05, 4.69) is 22.0 Å². The summed E-state index contributed by atoms with van der Waals surface area (Å²) in [5.74, 6) is 0.449. The van der Waals surface area contributed by atoms with E-state index in [1.807, 2.05) is 42.3 Å². The van der Waals surface area contributed by atoms with Crippen LogP contribution in [0, 0.1) is 35.5 Å². The second-order valence-electron chi connectivity index (χ2n) is 15.3.